The standard InChI is InChI=1S/C20H25NO3/c1-15(2)14-24-18-10-8-17(9-11-18)13-21-19(20(22)23)12-16-6-4-3-5-7-16/h3-11,15,19,21H,12-14H2,1-2H3,(H,22,23)/t19-/m1/s1. The molecule has 128 valence electrons. The third kappa shape index (κ3) is 6.05. The van der Waals surface area contributed by atoms with Crippen LogP contribution in [0, 0.1) is 5.92 Å². The maximum absolute atomic E-state index is 11.4. The van der Waals surface area contributed by atoms with Gasteiger partial charge < -0.3 is 15.2 Å². The third-order valence-electron chi connectivity index (χ3n) is 3.64. The van der Waals surface area contributed by atoms with Crippen LogP contribution in [0.4, 0.5) is 0 Å². The molecule has 2 aromatic carbocycles. The maximum Gasteiger partial charge on any atom is 0.321 e. The van der Waals surface area contributed by atoms with Gasteiger partial charge in [-0.2, -0.15) is 0 Å². The largest absolute Gasteiger partial charge is 0.493 e. The second kappa shape index (κ2) is 9.08. The minimum atomic E-state index is -0.837. The summed E-state index contributed by atoms with van der Waals surface area (Å²) in [5.74, 6) is 0.489. The van der Waals surface area contributed by atoms with Gasteiger partial charge in [-0.05, 0) is 35.6 Å². The maximum atomic E-state index is 11.4. The first-order chi connectivity index (χ1) is 11.5. The fraction of sp³-hybridized carbons (Fsp3) is 0.350. The van der Waals surface area contributed by atoms with Crippen molar-refractivity contribution >= 4 is 5.97 Å². The van der Waals surface area contributed by atoms with Gasteiger partial charge in [-0.15, -0.1) is 0 Å². The molecule has 2 aromatic rings. The molecule has 0 heterocycles. The summed E-state index contributed by atoms with van der Waals surface area (Å²) in [6, 6.07) is 16.8. The SMILES string of the molecule is CC(C)COc1ccc(CN[C@H](Cc2ccccc2)C(=O)O)cc1. The predicted octanol–water partition coefficient (Wildman–Crippen LogP) is 3.51. The number of nitrogens with one attached hydrogen (secondary N) is 1. The molecule has 0 fully saturated rings. The zero-order chi connectivity index (χ0) is 17.4. The lowest BCUT2D eigenvalue weighted by Crippen LogP contribution is -2.38. The van der Waals surface area contributed by atoms with Gasteiger partial charge in [-0.1, -0.05) is 56.3 Å². The first kappa shape index (κ1) is 18.0. The van der Waals surface area contributed by atoms with Crippen molar-refractivity contribution in [2.75, 3.05) is 6.61 Å². The van der Waals surface area contributed by atoms with E-state index in [0.29, 0.717) is 25.5 Å². The molecule has 0 aromatic heterocycles. The second-order valence-corrected chi connectivity index (χ2v) is 6.31. The first-order valence-electron chi connectivity index (χ1n) is 8.26. The van der Waals surface area contributed by atoms with Crippen molar-refractivity contribution in [3.05, 3.63) is 65.7 Å². The van der Waals surface area contributed by atoms with Crippen molar-refractivity contribution in [2.24, 2.45) is 5.92 Å². The summed E-state index contributed by atoms with van der Waals surface area (Å²) in [5.41, 5.74) is 2.04. The normalized spacial score (nSPS) is 12.1. The summed E-state index contributed by atoms with van der Waals surface area (Å²) >= 11 is 0. The Hall–Kier alpha value is -2.33. The number of rotatable bonds is 9. The Balaban J connectivity index is 1.88. The van der Waals surface area contributed by atoms with Gasteiger partial charge in [0.15, 0.2) is 0 Å². The Morgan fingerprint density at radius 2 is 1.71 bits per heavy atom. The van der Waals surface area contributed by atoms with E-state index in [-0.39, 0.29) is 0 Å². The Morgan fingerprint density at radius 1 is 1.04 bits per heavy atom. The lowest BCUT2D eigenvalue weighted by molar-refractivity contribution is -0.139. The highest BCUT2D eigenvalue weighted by Gasteiger charge is 2.17. The van der Waals surface area contributed by atoms with Gasteiger partial charge in [0, 0.05) is 6.54 Å². The molecule has 0 amide bonds. The first-order valence-corrected chi connectivity index (χ1v) is 8.26. The lowest BCUT2D eigenvalue weighted by atomic mass is 10.1. The molecule has 0 bridgehead atoms. The summed E-state index contributed by atoms with van der Waals surface area (Å²) in [6.45, 7) is 5.41. The molecule has 4 heteroatoms. The van der Waals surface area contributed by atoms with Gasteiger partial charge in [-0.3, -0.25) is 4.79 Å². The molecule has 0 unspecified atom stereocenters. The van der Waals surface area contributed by atoms with Gasteiger partial charge in [0.1, 0.15) is 11.8 Å². The molecule has 0 aliphatic rings. The fourth-order valence-electron chi connectivity index (χ4n) is 2.30. The summed E-state index contributed by atoms with van der Waals surface area (Å²) < 4.78 is 5.65. The monoisotopic (exact) mass is 327 g/mol. The fourth-order valence-corrected chi connectivity index (χ4v) is 2.30. The minimum Gasteiger partial charge on any atom is -0.493 e. The number of hydrogen-bond acceptors (Lipinski definition) is 3. The van der Waals surface area contributed by atoms with Crippen LogP contribution in [0.2, 0.25) is 0 Å². The molecule has 24 heavy (non-hydrogen) atoms. The van der Waals surface area contributed by atoms with Crippen LogP contribution < -0.4 is 10.1 Å². The van der Waals surface area contributed by atoms with Crippen LogP contribution in [-0.2, 0) is 17.8 Å². The molecule has 0 saturated heterocycles. The summed E-state index contributed by atoms with van der Waals surface area (Å²) in [6.07, 6.45) is 0.464. The highest BCUT2D eigenvalue weighted by Crippen LogP contribution is 2.13. The zero-order valence-corrected chi connectivity index (χ0v) is 14.2. The zero-order valence-electron chi connectivity index (χ0n) is 14.2. The van der Waals surface area contributed by atoms with Gasteiger partial charge in [-0.25, -0.2) is 0 Å². The van der Waals surface area contributed by atoms with E-state index in [1.165, 1.54) is 0 Å². The Kier molecular flexibility index (Phi) is 6.82. The van der Waals surface area contributed by atoms with E-state index in [4.69, 9.17) is 4.74 Å². The van der Waals surface area contributed by atoms with E-state index in [2.05, 4.69) is 19.2 Å². The van der Waals surface area contributed by atoms with Crippen LogP contribution in [-0.4, -0.2) is 23.7 Å². The number of carbonyl (C=O) groups is 1. The number of hydrogen-bond donors (Lipinski definition) is 2. The summed E-state index contributed by atoms with van der Waals surface area (Å²) in [5, 5.41) is 12.5. The van der Waals surface area contributed by atoms with E-state index in [1.54, 1.807) is 0 Å². The highest BCUT2D eigenvalue weighted by atomic mass is 16.5. The van der Waals surface area contributed by atoms with Crippen LogP contribution in [0.15, 0.2) is 54.6 Å². The van der Waals surface area contributed by atoms with Crippen LogP contribution in [0.1, 0.15) is 25.0 Å². The van der Waals surface area contributed by atoms with E-state index in [0.717, 1.165) is 16.9 Å². The topological polar surface area (TPSA) is 58.6 Å². The molecule has 1 atom stereocenters. The summed E-state index contributed by atoms with van der Waals surface area (Å²) in [7, 11) is 0. The molecule has 0 aliphatic carbocycles. The average molecular weight is 327 g/mol. The van der Waals surface area contributed by atoms with E-state index in [1.807, 2.05) is 54.6 Å². The van der Waals surface area contributed by atoms with Crippen molar-refractivity contribution in [1.29, 1.82) is 0 Å². The number of benzene rings is 2. The second-order valence-electron chi connectivity index (χ2n) is 6.31. The van der Waals surface area contributed by atoms with Crippen molar-refractivity contribution in [3.63, 3.8) is 0 Å². The predicted molar refractivity (Wildman–Crippen MR) is 95.2 cm³/mol. The molecular weight excluding hydrogens is 302 g/mol. The van der Waals surface area contributed by atoms with Crippen molar-refractivity contribution < 1.29 is 14.6 Å². The molecule has 2 N–H and O–H groups in total. The van der Waals surface area contributed by atoms with Crippen LogP contribution >= 0.6 is 0 Å². The quantitative estimate of drug-likeness (QED) is 0.740. The van der Waals surface area contributed by atoms with E-state index >= 15 is 0 Å². The minimum absolute atomic E-state index is 0.464. The number of aliphatic carboxylic acids is 1. The molecule has 0 saturated carbocycles. The smallest absolute Gasteiger partial charge is 0.321 e. The third-order valence-corrected chi connectivity index (χ3v) is 3.64. The van der Waals surface area contributed by atoms with Crippen molar-refractivity contribution in [1.82, 2.24) is 5.32 Å². The van der Waals surface area contributed by atoms with Gasteiger partial charge in [0.2, 0.25) is 0 Å². The molecule has 0 radical (unpaired) electrons. The Morgan fingerprint density at radius 3 is 2.29 bits per heavy atom. The lowest BCUT2D eigenvalue weighted by Gasteiger charge is -2.15. The van der Waals surface area contributed by atoms with E-state index in [9.17, 15) is 9.90 Å². The van der Waals surface area contributed by atoms with Gasteiger partial charge in [0.05, 0.1) is 6.61 Å². The number of carboxylic acid groups (broad SMARTS) is 1. The number of ether oxygens (including phenoxy) is 1. The van der Waals surface area contributed by atoms with Crippen LogP contribution in [0.5, 0.6) is 5.75 Å². The molecule has 2 rings (SSSR count). The Bertz CT molecular complexity index is 623. The number of carboxylic acids is 1. The molecule has 0 aliphatic heterocycles. The molecule has 0 spiro atoms. The van der Waals surface area contributed by atoms with Crippen LogP contribution in [0.3, 0.4) is 0 Å². The van der Waals surface area contributed by atoms with Crippen molar-refractivity contribution in [3.8, 4) is 5.75 Å². The molecule has 4 nitrogen and oxygen atoms in total. The highest BCUT2D eigenvalue weighted by molar-refractivity contribution is 5.73. The Labute approximate surface area is 143 Å². The average Bonchev–Trinajstić information content (AvgIpc) is 2.58. The van der Waals surface area contributed by atoms with Crippen molar-refractivity contribution in [2.45, 2.75) is 32.9 Å². The van der Waals surface area contributed by atoms with Gasteiger partial charge >= 0.3 is 5.97 Å². The van der Waals surface area contributed by atoms with Crippen LogP contribution in [0.25, 0.3) is 0 Å². The molecular formula is C20H25NO3. The van der Waals surface area contributed by atoms with E-state index < -0.39 is 12.0 Å². The summed E-state index contributed by atoms with van der Waals surface area (Å²) in [4.78, 5) is 11.4. The van der Waals surface area contributed by atoms with Gasteiger partial charge in [0.25, 0.3) is 0 Å².